The van der Waals surface area contributed by atoms with Crippen LogP contribution in [0.3, 0.4) is 0 Å². The van der Waals surface area contributed by atoms with E-state index in [1.165, 1.54) is 10.8 Å². The van der Waals surface area contributed by atoms with Crippen LogP contribution in [0.2, 0.25) is 0 Å². The van der Waals surface area contributed by atoms with Crippen molar-refractivity contribution < 1.29 is 0 Å². The third-order valence-corrected chi connectivity index (χ3v) is 5.03. The Morgan fingerprint density at radius 3 is 2.93 bits per heavy atom. The Morgan fingerprint density at radius 1 is 1.50 bits per heavy atom. The van der Waals surface area contributed by atoms with Gasteiger partial charge in [-0.1, -0.05) is 9.52 Å². The molecule has 0 aromatic rings. The molecule has 68 valence electrons. The number of nitriles is 2. The number of hydrogen-bond donors (Lipinski definition) is 1. The van der Waals surface area contributed by atoms with Gasteiger partial charge in [-0.3, -0.25) is 0 Å². The average Bonchev–Trinajstić information content (AvgIpc) is 2.63. The van der Waals surface area contributed by atoms with Crippen molar-refractivity contribution in [2.75, 3.05) is 0 Å². The standard InChI is InChI=1S/C8H4N4S2/c9-3-6(4-10)14-5-7-8(13-14)12-2-1-11-7/h1-2,5,11H. The molecular weight excluding hydrogens is 216 g/mol. The molecular formula is C8H4N4S2. The lowest BCUT2D eigenvalue weighted by Crippen LogP contribution is -2.12. The van der Waals surface area contributed by atoms with Crippen molar-refractivity contribution in [3.8, 4) is 12.1 Å². The summed E-state index contributed by atoms with van der Waals surface area (Å²) in [4.78, 5) is 4.37. The Hall–Kier alpha value is -1.50. The Bertz CT molecular complexity index is 468. The number of hydrogen-bond acceptors (Lipinski definition) is 5. The molecule has 0 aliphatic carbocycles. The molecule has 2 aliphatic rings. The molecule has 0 fully saturated rings. The van der Waals surface area contributed by atoms with Gasteiger partial charge < -0.3 is 5.32 Å². The van der Waals surface area contributed by atoms with E-state index in [4.69, 9.17) is 10.5 Å². The molecule has 0 amide bonds. The smallest absolute Gasteiger partial charge is 0.167 e. The first-order chi connectivity index (χ1) is 6.85. The zero-order valence-corrected chi connectivity index (χ0v) is 8.52. The topological polar surface area (TPSA) is 72.0 Å². The lowest BCUT2D eigenvalue weighted by atomic mass is 10.5. The second-order valence-electron chi connectivity index (χ2n) is 2.36. The first kappa shape index (κ1) is 9.07. The molecule has 0 saturated heterocycles. The summed E-state index contributed by atoms with van der Waals surface area (Å²) in [5.41, 5.74) is 0.892. The van der Waals surface area contributed by atoms with Crippen LogP contribution in [0.25, 0.3) is 0 Å². The van der Waals surface area contributed by atoms with Crippen LogP contribution in [0.1, 0.15) is 0 Å². The first-order valence-corrected chi connectivity index (χ1v) is 6.27. The molecule has 1 unspecified atom stereocenters. The number of aliphatic imine (C=N–C) groups is 1. The second kappa shape index (κ2) is 3.70. The molecule has 2 aliphatic heterocycles. The zero-order valence-electron chi connectivity index (χ0n) is 6.89. The van der Waals surface area contributed by atoms with Crippen LogP contribution in [0.5, 0.6) is 0 Å². The molecule has 0 aromatic carbocycles. The second-order valence-corrected chi connectivity index (χ2v) is 5.73. The Kier molecular flexibility index (Phi) is 2.40. The minimum atomic E-state index is -0.469. The molecule has 4 nitrogen and oxygen atoms in total. The molecule has 1 N–H and O–H groups in total. The van der Waals surface area contributed by atoms with Gasteiger partial charge in [-0.2, -0.15) is 10.5 Å². The molecule has 0 radical (unpaired) electrons. The highest BCUT2D eigenvalue weighted by molar-refractivity contribution is 8.90. The van der Waals surface area contributed by atoms with Crippen LogP contribution in [-0.2, 0) is 0 Å². The largest absolute Gasteiger partial charge is 0.358 e. The number of nitrogens with one attached hydrogen (secondary N) is 1. The van der Waals surface area contributed by atoms with Crippen molar-refractivity contribution >= 4 is 30.2 Å². The number of rotatable bonds is 0. The fourth-order valence-electron chi connectivity index (χ4n) is 0.946. The molecule has 0 aromatic heterocycles. The van der Waals surface area contributed by atoms with E-state index in [1.54, 1.807) is 12.4 Å². The maximum atomic E-state index is 8.70. The summed E-state index contributed by atoms with van der Waals surface area (Å²) in [5.74, 6) is 0. The van der Waals surface area contributed by atoms with Gasteiger partial charge in [0.05, 0.1) is 5.70 Å². The fraction of sp³-hybridized carbons (Fsp3) is 0. The number of fused-ring (bicyclic) bond motifs is 1. The van der Waals surface area contributed by atoms with E-state index < -0.39 is 9.52 Å². The molecule has 0 saturated carbocycles. The average molecular weight is 220 g/mol. The summed E-state index contributed by atoms with van der Waals surface area (Å²) in [5, 5.41) is 23.1. The van der Waals surface area contributed by atoms with Gasteiger partial charge in [0, 0.05) is 17.8 Å². The molecule has 6 heteroatoms. The van der Waals surface area contributed by atoms with Gasteiger partial charge in [-0.05, 0) is 10.8 Å². The van der Waals surface area contributed by atoms with Gasteiger partial charge in [0.15, 0.2) is 4.86 Å². The summed E-state index contributed by atoms with van der Waals surface area (Å²) in [6.07, 6.45) is 3.38. The predicted octanol–water partition coefficient (Wildman–Crippen LogP) is 1.45. The highest BCUT2D eigenvalue weighted by atomic mass is 33.1. The molecule has 2 rings (SSSR count). The Balaban J connectivity index is 2.43. The summed E-state index contributed by atoms with van der Waals surface area (Å²) in [6.45, 7) is 0. The Morgan fingerprint density at radius 2 is 2.29 bits per heavy atom. The van der Waals surface area contributed by atoms with E-state index in [-0.39, 0.29) is 4.86 Å². The van der Waals surface area contributed by atoms with Crippen molar-refractivity contribution in [3.63, 3.8) is 0 Å². The van der Waals surface area contributed by atoms with Gasteiger partial charge in [-0.25, -0.2) is 4.99 Å². The molecule has 0 bridgehead atoms. The van der Waals surface area contributed by atoms with Gasteiger partial charge in [-0.15, -0.1) is 0 Å². The van der Waals surface area contributed by atoms with E-state index in [2.05, 4.69) is 10.3 Å². The first-order valence-electron chi connectivity index (χ1n) is 3.65. The van der Waals surface area contributed by atoms with Gasteiger partial charge in [0.25, 0.3) is 0 Å². The molecule has 0 spiro atoms. The van der Waals surface area contributed by atoms with Crippen molar-refractivity contribution in [1.29, 1.82) is 10.5 Å². The van der Waals surface area contributed by atoms with Crippen LogP contribution in [0.15, 0.2) is 28.5 Å². The lowest BCUT2D eigenvalue weighted by Gasteiger charge is -2.04. The van der Waals surface area contributed by atoms with Crippen LogP contribution in [0, 0.1) is 22.7 Å². The van der Waals surface area contributed by atoms with Crippen molar-refractivity contribution in [3.05, 3.63) is 23.5 Å². The fourth-order valence-corrected chi connectivity index (χ4v) is 4.14. The van der Waals surface area contributed by atoms with Crippen LogP contribution < -0.4 is 5.32 Å². The lowest BCUT2D eigenvalue weighted by molar-refractivity contribution is 1.12. The maximum Gasteiger partial charge on any atom is 0.167 e. The minimum absolute atomic E-state index is 0.237. The third kappa shape index (κ3) is 1.46. The van der Waals surface area contributed by atoms with Crippen molar-refractivity contribution in [1.82, 2.24) is 5.32 Å². The highest BCUT2D eigenvalue weighted by Gasteiger charge is 2.20. The highest BCUT2D eigenvalue weighted by Crippen LogP contribution is 2.44. The van der Waals surface area contributed by atoms with Crippen molar-refractivity contribution in [2.45, 2.75) is 0 Å². The normalized spacial score (nSPS) is 22.3. The monoisotopic (exact) mass is 220 g/mol. The van der Waals surface area contributed by atoms with Crippen LogP contribution in [-0.4, -0.2) is 9.91 Å². The zero-order chi connectivity index (χ0) is 9.97. The van der Waals surface area contributed by atoms with Gasteiger partial charge in [0.2, 0.25) is 0 Å². The van der Waals surface area contributed by atoms with E-state index in [0.717, 1.165) is 10.7 Å². The Labute approximate surface area is 87.0 Å². The third-order valence-electron chi connectivity index (χ3n) is 1.53. The van der Waals surface area contributed by atoms with E-state index in [0.29, 0.717) is 0 Å². The van der Waals surface area contributed by atoms with Gasteiger partial charge >= 0.3 is 0 Å². The quantitative estimate of drug-likeness (QED) is 0.495. The summed E-state index contributed by atoms with van der Waals surface area (Å²) < 4.78 is 0. The van der Waals surface area contributed by atoms with E-state index in [1.807, 2.05) is 17.5 Å². The van der Waals surface area contributed by atoms with Crippen LogP contribution in [0.4, 0.5) is 0 Å². The van der Waals surface area contributed by atoms with Gasteiger partial charge in [0.1, 0.15) is 17.2 Å². The van der Waals surface area contributed by atoms with Crippen LogP contribution >= 0.6 is 20.3 Å². The van der Waals surface area contributed by atoms with Crippen molar-refractivity contribution in [2.24, 2.45) is 4.99 Å². The van der Waals surface area contributed by atoms with E-state index in [9.17, 15) is 0 Å². The molecule has 2 heterocycles. The summed E-state index contributed by atoms with van der Waals surface area (Å²) >= 11 is 0. The maximum absolute atomic E-state index is 8.70. The number of nitrogens with zero attached hydrogens (tertiary/aromatic N) is 3. The predicted molar refractivity (Wildman–Crippen MR) is 59.2 cm³/mol. The minimum Gasteiger partial charge on any atom is -0.358 e. The molecule has 14 heavy (non-hydrogen) atoms. The summed E-state index contributed by atoms with van der Waals surface area (Å²) in [7, 11) is 0.972. The molecule has 1 atom stereocenters. The van der Waals surface area contributed by atoms with E-state index >= 15 is 0 Å². The summed E-state index contributed by atoms with van der Waals surface area (Å²) in [6, 6.07) is 3.81. The SMILES string of the molecule is N#CC(C#N)=S1C=C2NC=CN=C2S1.